The van der Waals surface area contributed by atoms with E-state index in [4.69, 9.17) is 5.11 Å². The van der Waals surface area contributed by atoms with Crippen LogP contribution >= 0.6 is 11.8 Å². The first-order valence-corrected chi connectivity index (χ1v) is 5.77. The van der Waals surface area contributed by atoms with Crippen LogP contribution in [0.1, 0.15) is 20.3 Å². The molecule has 0 rings (SSSR count). The van der Waals surface area contributed by atoms with Crippen molar-refractivity contribution in [2.45, 2.75) is 20.3 Å². The van der Waals surface area contributed by atoms with Gasteiger partial charge >= 0.3 is 0 Å². The van der Waals surface area contributed by atoms with Crippen molar-refractivity contribution in [2.24, 2.45) is 5.92 Å². The molecule has 0 aliphatic heterocycles. The highest BCUT2D eigenvalue weighted by Gasteiger charge is 2.01. The Morgan fingerprint density at radius 2 is 2.23 bits per heavy atom. The number of hydrogen-bond acceptors (Lipinski definition) is 3. The van der Waals surface area contributed by atoms with Gasteiger partial charge in [0.25, 0.3) is 0 Å². The summed E-state index contributed by atoms with van der Waals surface area (Å²) < 4.78 is 0. The van der Waals surface area contributed by atoms with Crippen molar-refractivity contribution >= 4 is 17.7 Å². The Bertz CT molecular complexity index is 140. The standard InChI is InChI=1S/C9H19NO2S/c1-8(2)6-10-9(12)7-13-5-3-4-11/h8,11H,3-7H2,1-2H3,(H,10,12). The molecule has 0 aliphatic rings. The largest absolute Gasteiger partial charge is 0.396 e. The van der Waals surface area contributed by atoms with Crippen molar-refractivity contribution in [3.8, 4) is 0 Å². The molecule has 13 heavy (non-hydrogen) atoms. The molecule has 1 amide bonds. The van der Waals surface area contributed by atoms with Gasteiger partial charge in [0.05, 0.1) is 5.75 Å². The third-order valence-corrected chi connectivity index (χ3v) is 2.43. The van der Waals surface area contributed by atoms with Gasteiger partial charge in [-0.05, 0) is 18.1 Å². The molecule has 0 unspecified atom stereocenters. The lowest BCUT2D eigenvalue weighted by Crippen LogP contribution is -2.28. The molecule has 0 aliphatic carbocycles. The van der Waals surface area contributed by atoms with E-state index in [-0.39, 0.29) is 12.5 Å². The lowest BCUT2D eigenvalue weighted by molar-refractivity contribution is -0.118. The maximum absolute atomic E-state index is 11.1. The zero-order chi connectivity index (χ0) is 10.1. The average Bonchev–Trinajstić information content (AvgIpc) is 2.09. The molecule has 0 saturated heterocycles. The molecule has 0 aromatic heterocycles. The first kappa shape index (κ1) is 12.8. The van der Waals surface area contributed by atoms with Gasteiger partial charge in [-0.25, -0.2) is 0 Å². The summed E-state index contributed by atoms with van der Waals surface area (Å²) in [5.74, 6) is 1.96. The minimum Gasteiger partial charge on any atom is -0.396 e. The molecule has 0 spiro atoms. The maximum atomic E-state index is 11.1. The summed E-state index contributed by atoms with van der Waals surface area (Å²) >= 11 is 1.57. The molecule has 78 valence electrons. The van der Waals surface area contributed by atoms with Crippen molar-refractivity contribution < 1.29 is 9.90 Å². The van der Waals surface area contributed by atoms with Crippen molar-refractivity contribution in [3.63, 3.8) is 0 Å². The SMILES string of the molecule is CC(C)CNC(=O)CSCCCO. The number of rotatable bonds is 7. The second kappa shape index (κ2) is 8.38. The molecule has 0 radical (unpaired) electrons. The molecule has 3 nitrogen and oxygen atoms in total. The predicted octanol–water partition coefficient (Wildman–Crippen LogP) is 0.874. The molecule has 0 heterocycles. The molecule has 0 aromatic carbocycles. The summed E-state index contributed by atoms with van der Waals surface area (Å²) in [4.78, 5) is 11.1. The number of carbonyl (C=O) groups is 1. The molecule has 0 aromatic rings. The average molecular weight is 205 g/mol. The third-order valence-electron chi connectivity index (χ3n) is 1.39. The quantitative estimate of drug-likeness (QED) is 0.606. The molecule has 0 fully saturated rings. The van der Waals surface area contributed by atoms with Gasteiger partial charge in [0, 0.05) is 13.2 Å². The number of aliphatic hydroxyl groups is 1. The van der Waals surface area contributed by atoms with Crippen LogP contribution in [0.3, 0.4) is 0 Å². The number of nitrogens with one attached hydrogen (secondary N) is 1. The first-order valence-electron chi connectivity index (χ1n) is 4.62. The zero-order valence-corrected chi connectivity index (χ0v) is 9.19. The molecule has 0 bridgehead atoms. The predicted molar refractivity (Wildman–Crippen MR) is 56.9 cm³/mol. The first-order chi connectivity index (χ1) is 6.16. The smallest absolute Gasteiger partial charge is 0.230 e. The van der Waals surface area contributed by atoms with Crippen LogP contribution in [0, 0.1) is 5.92 Å². The van der Waals surface area contributed by atoms with E-state index in [2.05, 4.69) is 19.2 Å². The van der Waals surface area contributed by atoms with Gasteiger partial charge < -0.3 is 10.4 Å². The zero-order valence-electron chi connectivity index (χ0n) is 8.38. The molecule has 0 atom stereocenters. The third kappa shape index (κ3) is 9.70. The van der Waals surface area contributed by atoms with Gasteiger partial charge in [-0.3, -0.25) is 4.79 Å². The van der Waals surface area contributed by atoms with E-state index in [1.807, 2.05) is 0 Å². The molecule has 2 N–H and O–H groups in total. The molecular weight excluding hydrogens is 186 g/mol. The Labute approximate surface area is 84.3 Å². The van der Waals surface area contributed by atoms with Gasteiger partial charge in [0.15, 0.2) is 0 Å². The van der Waals surface area contributed by atoms with Crippen LogP contribution in [0.5, 0.6) is 0 Å². The second-order valence-corrected chi connectivity index (χ2v) is 4.43. The van der Waals surface area contributed by atoms with E-state index in [1.165, 1.54) is 0 Å². The van der Waals surface area contributed by atoms with E-state index >= 15 is 0 Å². The van der Waals surface area contributed by atoms with Crippen LogP contribution in [0.2, 0.25) is 0 Å². The van der Waals surface area contributed by atoms with Crippen LogP contribution in [0.15, 0.2) is 0 Å². The Morgan fingerprint density at radius 3 is 2.77 bits per heavy atom. The highest BCUT2D eigenvalue weighted by atomic mass is 32.2. The minimum atomic E-state index is 0.0941. The summed E-state index contributed by atoms with van der Waals surface area (Å²) in [5, 5.41) is 11.3. The van der Waals surface area contributed by atoms with Crippen LogP contribution in [-0.2, 0) is 4.79 Å². The summed E-state index contributed by atoms with van der Waals surface area (Å²) in [6.45, 7) is 5.10. The molecule has 0 saturated carbocycles. The fourth-order valence-corrected chi connectivity index (χ4v) is 1.47. The van der Waals surface area contributed by atoms with Crippen LogP contribution < -0.4 is 5.32 Å². The Kier molecular flexibility index (Phi) is 8.24. The van der Waals surface area contributed by atoms with Gasteiger partial charge in [0.1, 0.15) is 0 Å². The van der Waals surface area contributed by atoms with Crippen LogP contribution in [-0.4, -0.2) is 35.7 Å². The Hall–Kier alpha value is -0.220. The molecular formula is C9H19NO2S. The highest BCUT2D eigenvalue weighted by molar-refractivity contribution is 7.99. The number of amides is 1. The van der Waals surface area contributed by atoms with E-state index in [0.29, 0.717) is 11.7 Å². The number of thioether (sulfide) groups is 1. The number of hydrogen-bond donors (Lipinski definition) is 2. The summed E-state index contributed by atoms with van der Waals surface area (Å²) in [6, 6.07) is 0. The highest BCUT2D eigenvalue weighted by Crippen LogP contribution is 2.01. The van der Waals surface area contributed by atoms with Crippen molar-refractivity contribution in [3.05, 3.63) is 0 Å². The van der Waals surface area contributed by atoms with Crippen LogP contribution in [0.25, 0.3) is 0 Å². The lowest BCUT2D eigenvalue weighted by Gasteiger charge is -2.06. The van der Waals surface area contributed by atoms with Gasteiger partial charge in [-0.15, -0.1) is 0 Å². The van der Waals surface area contributed by atoms with Crippen molar-refractivity contribution in [1.82, 2.24) is 5.32 Å². The lowest BCUT2D eigenvalue weighted by atomic mass is 10.2. The summed E-state index contributed by atoms with van der Waals surface area (Å²) in [6.07, 6.45) is 0.766. The van der Waals surface area contributed by atoms with E-state index in [9.17, 15) is 4.79 Å². The summed E-state index contributed by atoms with van der Waals surface area (Å²) in [5.41, 5.74) is 0. The fourth-order valence-electron chi connectivity index (χ4n) is 0.700. The van der Waals surface area contributed by atoms with E-state index < -0.39 is 0 Å². The van der Waals surface area contributed by atoms with Crippen LogP contribution in [0.4, 0.5) is 0 Å². The fraction of sp³-hybridized carbons (Fsp3) is 0.889. The van der Waals surface area contributed by atoms with Crippen molar-refractivity contribution in [2.75, 3.05) is 24.7 Å². The van der Waals surface area contributed by atoms with E-state index in [0.717, 1.165) is 18.7 Å². The van der Waals surface area contributed by atoms with Crippen molar-refractivity contribution in [1.29, 1.82) is 0 Å². The van der Waals surface area contributed by atoms with Gasteiger partial charge in [0.2, 0.25) is 5.91 Å². The molecule has 4 heteroatoms. The topological polar surface area (TPSA) is 49.3 Å². The number of aliphatic hydroxyl groups excluding tert-OH is 1. The van der Waals surface area contributed by atoms with E-state index in [1.54, 1.807) is 11.8 Å². The maximum Gasteiger partial charge on any atom is 0.230 e. The second-order valence-electron chi connectivity index (χ2n) is 3.33. The Balaban J connectivity index is 3.20. The van der Waals surface area contributed by atoms with Gasteiger partial charge in [-0.2, -0.15) is 11.8 Å². The normalized spacial score (nSPS) is 10.5. The van der Waals surface area contributed by atoms with Gasteiger partial charge in [-0.1, -0.05) is 13.8 Å². The summed E-state index contributed by atoms with van der Waals surface area (Å²) in [7, 11) is 0. The minimum absolute atomic E-state index is 0.0941. The monoisotopic (exact) mass is 205 g/mol. The Morgan fingerprint density at radius 1 is 1.54 bits per heavy atom. The number of carbonyl (C=O) groups excluding carboxylic acids is 1.